The van der Waals surface area contributed by atoms with E-state index in [1.807, 2.05) is 12.1 Å². The smallest absolute Gasteiger partial charge is 0.281 e. The summed E-state index contributed by atoms with van der Waals surface area (Å²) in [7, 11) is 2.75. The van der Waals surface area contributed by atoms with Crippen LogP contribution in [0, 0.1) is 0 Å². The highest BCUT2D eigenvalue weighted by molar-refractivity contribution is 7.86. The van der Waals surface area contributed by atoms with Crippen LogP contribution in [0.3, 0.4) is 0 Å². The Kier molecular flexibility index (Phi) is 6.26. The Morgan fingerprint density at radius 3 is 2.47 bits per heavy atom. The number of aryl methyl sites for hydroxylation is 2. The number of nitrogens with zero attached hydrogens (tertiary/aromatic N) is 4. The standard InChI is InChI=1S/C21H26N4O5S2/c1-23(2)32(27,28)25-8-6-17-18(12-25)31-20-19(17)21(26)24(13-22-20)7-5-14-9-15(29-3)11-16(10-14)30-4/h9-11,13H,5-8,12H2,1-4H3. The van der Waals surface area contributed by atoms with E-state index in [2.05, 4.69) is 4.98 Å². The molecule has 0 saturated carbocycles. The van der Waals surface area contributed by atoms with Gasteiger partial charge in [-0.3, -0.25) is 9.36 Å². The largest absolute Gasteiger partial charge is 0.497 e. The van der Waals surface area contributed by atoms with Gasteiger partial charge >= 0.3 is 0 Å². The van der Waals surface area contributed by atoms with Crippen molar-refractivity contribution >= 4 is 31.8 Å². The number of fused-ring (bicyclic) bond motifs is 3. The van der Waals surface area contributed by atoms with Gasteiger partial charge in [-0.2, -0.15) is 17.0 Å². The summed E-state index contributed by atoms with van der Waals surface area (Å²) in [5, 5.41) is 0.609. The molecule has 0 radical (unpaired) electrons. The number of methoxy groups -OCH3 is 2. The number of aromatic nitrogens is 2. The van der Waals surface area contributed by atoms with Crippen LogP contribution in [-0.4, -0.2) is 61.4 Å². The summed E-state index contributed by atoms with van der Waals surface area (Å²) in [6.45, 7) is 1.07. The highest BCUT2D eigenvalue weighted by Gasteiger charge is 2.31. The van der Waals surface area contributed by atoms with E-state index in [1.54, 1.807) is 31.2 Å². The van der Waals surface area contributed by atoms with Gasteiger partial charge in [-0.25, -0.2) is 4.98 Å². The van der Waals surface area contributed by atoms with Crippen LogP contribution in [0.25, 0.3) is 10.2 Å². The van der Waals surface area contributed by atoms with E-state index in [0.717, 1.165) is 16.0 Å². The van der Waals surface area contributed by atoms with Crippen LogP contribution in [0.5, 0.6) is 11.5 Å². The van der Waals surface area contributed by atoms with Crippen molar-refractivity contribution in [2.24, 2.45) is 0 Å². The minimum Gasteiger partial charge on any atom is -0.497 e. The fourth-order valence-corrected chi connectivity index (χ4v) is 6.19. The first-order chi connectivity index (χ1) is 15.2. The highest BCUT2D eigenvalue weighted by Crippen LogP contribution is 2.33. The van der Waals surface area contributed by atoms with Crippen molar-refractivity contribution in [2.75, 3.05) is 34.9 Å². The molecular formula is C21H26N4O5S2. The van der Waals surface area contributed by atoms with E-state index in [0.29, 0.717) is 47.6 Å². The molecule has 0 amide bonds. The summed E-state index contributed by atoms with van der Waals surface area (Å²) in [5.41, 5.74) is 1.82. The normalized spacial score (nSPS) is 14.7. The Balaban J connectivity index is 1.62. The van der Waals surface area contributed by atoms with E-state index in [4.69, 9.17) is 9.47 Å². The zero-order valence-corrected chi connectivity index (χ0v) is 20.1. The molecule has 0 spiro atoms. The Bertz CT molecular complexity index is 1290. The topological polar surface area (TPSA) is 94.0 Å². The lowest BCUT2D eigenvalue weighted by molar-refractivity contribution is 0.362. The molecule has 1 aliphatic rings. The first-order valence-electron chi connectivity index (χ1n) is 10.1. The van der Waals surface area contributed by atoms with Gasteiger partial charge in [0.05, 0.1) is 25.9 Å². The van der Waals surface area contributed by atoms with Crippen molar-refractivity contribution in [3.05, 3.63) is 50.9 Å². The van der Waals surface area contributed by atoms with E-state index < -0.39 is 10.2 Å². The van der Waals surface area contributed by atoms with E-state index >= 15 is 0 Å². The van der Waals surface area contributed by atoms with E-state index in [-0.39, 0.29) is 12.1 Å². The van der Waals surface area contributed by atoms with Gasteiger partial charge in [0.2, 0.25) is 0 Å². The predicted molar refractivity (Wildman–Crippen MR) is 124 cm³/mol. The van der Waals surface area contributed by atoms with Gasteiger partial charge in [0.15, 0.2) is 0 Å². The van der Waals surface area contributed by atoms with Crippen molar-refractivity contribution in [3.8, 4) is 11.5 Å². The minimum atomic E-state index is -3.50. The number of ether oxygens (including phenoxy) is 2. The summed E-state index contributed by atoms with van der Waals surface area (Å²) in [6.07, 6.45) is 2.68. The molecule has 3 aromatic rings. The van der Waals surface area contributed by atoms with Crippen molar-refractivity contribution in [3.63, 3.8) is 0 Å². The second-order valence-corrected chi connectivity index (χ2v) is 11.0. The molecule has 0 saturated heterocycles. The lowest BCUT2D eigenvalue weighted by atomic mass is 10.1. The van der Waals surface area contributed by atoms with Crippen LogP contribution in [-0.2, 0) is 36.1 Å². The first kappa shape index (κ1) is 22.7. The molecule has 1 aliphatic heterocycles. The SMILES string of the molecule is COc1cc(CCn2cnc3sc4c(c3c2=O)CCN(S(=O)(=O)N(C)C)C4)cc(OC)c1. The summed E-state index contributed by atoms with van der Waals surface area (Å²) < 4.78 is 39.9. The maximum absolute atomic E-state index is 13.3. The Labute approximate surface area is 191 Å². The fourth-order valence-electron chi connectivity index (χ4n) is 3.84. The third-order valence-corrected chi connectivity index (χ3v) is 8.64. The molecule has 0 bridgehead atoms. The molecule has 0 atom stereocenters. The van der Waals surface area contributed by atoms with Crippen molar-refractivity contribution < 1.29 is 17.9 Å². The number of hydrogen-bond donors (Lipinski definition) is 0. The number of hydrogen-bond acceptors (Lipinski definition) is 7. The molecule has 3 heterocycles. The van der Waals surface area contributed by atoms with Crippen molar-refractivity contribution in [1.82, 2.24) is 18.2 Å². The molecule has 9 nitrogen and oxygen atoms in total. The second kappa shape index (κ2) is 8.81. The minimum absolute atomic E-state index is 0.0914. The fraction of sp³-hybridized carbons (Fsp3) is 0.429. The summed E-state index contributed by atoms with van der Waals surface area (Å²) in [5.74, 6) is 1.40. The lowest BCUT2D eigenvalue weighted by Crippen LogP contribution is -2.42. The molecule has 0 fully saturated rings. The van der Waals surface area contributed by atoms with E-state index in [9.17, 15) is 13.2 Å². The van der Waals surface area contributed by atoms with E-state index in [1.165, 1.54) is 34.0 Å². The Hall–Kier alpha value is -2.47. The van der Waals surface area contributed by atoms with Crippen LogP contribution in [0.4, 0.5) is 0 Å². The second-order valence-electron chi connectivity index (χ2n) is 7.77. The van der Waals surface area contributed by atoms with Crippen LogP contribution >= 0.6 is 11.3 Å². The summed E-state index contributed by atoms with van der Waals surface area (Å²) in [4.78, 5) is 19.3. The van der Waals surface area contributed by atoms with Crippen LogP contribution in [0.2, 0.25) is 0 Å². The maximum atomic E-state index is 13.3. The van der Waals surface area contributed by atoms with Gasteiger partial charge in [0.1, 0.15) is 16.3 Å². The van der Waals surface area contributed by atoms with Gasteiger partial charge in [-0.1, -0.05) is 0 Å². The number of thiophene rings is 1. The van der Waals surface area contributed by atoms with Crippen LogP contribution in [0.15, 0.2) is 29.3 Å². The molecular weight excluding hydrogens is 452 g/mol. The molecule has 172 valence electrons. The molecule has 32 heavy (non-hydrogen) atoms. The Morgan fingerprint density at radius 1 is 1.16 bits per heavy atom. The maximum Gasteiger partial charge on any atom is 0.281 e. The number of rotatable bonds is 7. The third-order valence-electron chi connectivity index (χ3n) is 5.63. The van der Waals surface area contributed by atoms with Crippen LogP contribution in [0.1, 0.15) is 16.0 Å². The quantitative estimate of drug-likeness (QED) is 0.515. The van der Waals surface area contributed by atoms with Gasteiger partial charge in [-0.15, -0.1) is 11.3 Å². The van der Waals surface area contributed by atoms with Gasteiger partial charge in [0, 0.05) is 44.7 Å². The third kappa shape index (κ3) is 4.13. The first-order valence-corrected chi connectivity index (χ1v) is 12.3. The molecule has 0 unspecified atom stereocenters. The molecule has 0 aliphatic carbocycles. The van der Waals surface area contributed by atoms with Crippen molar-refractivity contribution in [1.29, 1.82) is 0 Å². The zero-order valence-electron chi connectivity index (χ0n) is 18.5. The van der Waals surface area contributed by atoms with Gasteiger partial charge < -0.3 is 9.47 Å². The van der Waals surface area contributed by atoms with Crippen molar-refractivity contribution in [2.45, 2.75) is 25.9 Å². The Morgan fingerprint density at radius 2 is 1.84 bits per heavy atom. The molecule has 4 rings (SSSR count). The predicted octanol–water partition coefficient (Wildman–Crippen LogP) is 1.88. The molecule has 2 aromatic heterocycles. The summed E-state index contributed by atoms with van der Waals surface area (Å²) >= 11 is 1.40. The van der Waals surface area contributed by atoms with Crippen LogP contribution < -0.4 is 15.0 Å². The number of benzene rings is 1. The molecule has 1 aromatic carbocycles. The zero-order chi connectivity index (χ0) is 23.0. The average Bonchev–Trinajstić information content (AvgIpc) is 3.16. The average molecular weight is 479 g/mol. The molecule has 11 heteroatoms. The summed E-state index contributed by atoms with van der Waals surface area (Å²) in [6, 6.07) is 5.65. The van der Waals surface area contributed by atoms with Gasteiger partial charge in [-0.05, 0) is 36.1 Å². The van der Waals surface area contributed by atoms with Gasteiger partial charge in [0.25, 0.3) is 15.8 Å². The monoisotopic (exact) mass is 478 g/mol. The lowest BCUT2D eigenvalue weighted by Gasteiger charge is -2.28. The molecule has 0 N–H and O–H groups in total. The highest BCUT2D eigenvalue weighted by atomic mass is 32.2.